The van der Waals surface area contributed by atoms with Crippen LogP contribution in [0.1, 0.15) is 34.3 Å². The van der Waals surface area contributed by atoms with E-state index in [1.54, 1.807) is 0 Å². The fraction of sp³-hybridized carbons (Fsp3) is 0.429. The maximum Gasteiger partial charge on any atom is 0.416 e. The maximum atomic E-state index is 13.0. The minimum atomic E-state index is -4.40. The lowest BCUT2D eigenvalue weighted by molar-refractivity contribution is -0.958. The van der Waals surface area contributed by atoms with E-state index >= 15 is 0 Å². The van der Waals surface area contributed by atoms with Crippen LogP contribution in [0.3, 0.4) is 0 Å². The Hall–Kier alpha value is -2.06. The van der Waals surface area contributed by atoms with E-state index in [0.717, 1.165) is 61.6 Å². The van der Waals surface area contributed by atoms with Crippen LogP contribution in [0.25, 0.3) is 0 Å². The predicted octanol–water partition coefficient (Wildman–Crippen LogP) is 5.28. The monoisotopic (exact) mass is 415 g/mol. The highest BCUT2D eigenvalue weighted by molar-refractivity contribution is 5.33. The van der Waals surface area contributed by atoms with E-state index in [9.17, 15) is 26.3 Å². The van der Waals surface area contributed by atoms with Crippen LogP contribution < -0.4 is 0 Å². The third-order valence-electron chi connectivity index (χ3n) is 6.32. The molecule has 5 rings (SSSR count). The Morgan fingerprint density at radius 2 is 1.14 bits per heavy atom. The van der Waals surface area contributed by atoms with Crippen LogP contribution in [-0.2, 0) is 12.4 Å². The van der Waals surface area contributed by atoms with Gasteiger partial charge in [0.25, 0.3) is 0 Å². The molecular weight excluding hydrogens is 394 g/mol. The Balaban J connectivity index is 1.73. The molecule has 0 aromatic heterocycles. The number of alkyl halides is 6. The van der Waals surface area contributed by atoms with Crippen molar-refractivity contribution in [1.29, 1.82) is 0 Å². The summed E-state index contributed by atoms with van der Waals surface area (Å²) in [6, 6.07) is 10.0. The lowest BCUT2D eigenvalue weighted by Gasteiger charge is -2.58. The van der Waals surface area contributed by atoms with Crippen LogP contribution in [0.4, 0.5) is 26.3 Å². The summed E-state index contributed by atoms with van der Waals surface area (Å²) in [7, 11) is 2.08. The van der Waals surface area contributed by atoms with Crippen molar-refractivity contribution in [2.75, 3.05) is 33.2 Å². The molecule has 0 amide bonds. The summed E-state index contributed by atoms with van der Waals surface area (Å²) in [5.41, 5.74) is 0.122. The highest BCUT2D eigenvalue weighted by Crippen LogP contribution is 2.48. The fourth-order valence-corrected chi connectivity index (χ4v) is 4.71. The largest absolute Gasteiger partial charge is 0.416 e. The molecule has 2 aromatic carbocycles. The zero-order valence-corrected chi connectivity index (χ0v) is 15.8. The van der Waals surface area contributed by atoms with E-state index in [1.165, 1.54) is 24.3 Å². The third-order valence-corrected chi connectivity index (χ3v) is 6.32. The predicted molar refractivity (Wildman–Crippen MR) is 95.9 cm³/mol. The molecule has 2 nitrogen and oxygen atoms in total. The van der Waals surface area contributed by atoms with Gasteiger partial charge >= 0.3 is 12.4 Å². The molecule has 2 aromatic rings. The highest BCUT2D eigenvalue weighted by Gasteiger charge is 2.51. The minimum Gasteiger partial charge on any atom is -0.316 e. The molecule has 0 aliphatic carbocycles. The molecule has 0 saturated carbocycles. The second-order valence-corrected chi connectivity index (χ2v) is 8.09. The first-order valence-corrected chi connectivity index (χ1v) is 9.42. The van der Waals surface area contributed by atoms with Gasteiger partial charge in [-0.2, -0.15) is 26.3 Å². The van der Waals surface area contributed by atoms with Gasteiger partial charge in [0.15, 0.2) is 0 Å². The molecule has 0 unspecified atom stereocenters. The van der Waals surface area contributed by atoms with E-state index in [1.807, 2.05) is 0 Å². The zero-order valence-electron chi connectivity index (χ0n) is 15.8. The van der Waals surface area contributed by atoms with Crippen molar-refractivity contribution in [2.45, 2.75) is 24.4 Å². The molecule has 3 saturated heterocycles. The van der Waals surface area contributed by atoms with E-state index in [0.29, 0.717) is 4.48 Å². The summed E-state index contributed by atoms with van der Waals surface area (Å²) in [6.07, 6.45) is -8.81. The Kier molecular flexibility index (Phi) is 4.70. The molecule has 29 heavy (non-hydrogen) atoms. The molecule has 3 aliphatic heterocycles. The molecule has 0 N–H and O–H groups in total. The van der Waals surface area contributed by atoms with Gasteiger partial charge in [-0.25, -0.2) is 0 Å². The topological polar surface area (TPSA) is 3.24 Å². The summed E-state index contributed by atoms with van der Waals surface area (Å²) >= 11 is 0. The van der Waals surface area contributed by atoms with Gasteiger partial charge in [0.1, 0.15) is 6.04 Å². The first kappa shape index (κ1) is 20.2. The van der Waals surface area contributed by atoms with Gasteiger partial charge in [-0.05, 0) is 29.8 Å². The third kappa shape index (κ3) is 3.64. The van der Waals surface area contributed by atoms with Gasteiger partial charge in [-0.1, -0.05) is 24.3 Å². The Morgan fingerprint density at radius 3 is 1.55 bits per heavy atom. The van der Waals surface area contributed by atoms with E-state index < -0.39 is 23.5 Å². The number of likely N-dealkylation sites (N-methyl/N-ethyl adjacent to an activating group) is 1. The number of quaternary nitrogens is 1. The quantitative estimate of drug-likeness (QED) is 0.476. The number of hydrogen-bond acceptors (Lipinski definition) is 1. The van der Waals surface area contributed by atoms with Gasteiger partial charge in [0.05, 0.1) is 37.3 Å². The van der Waals surface area contributed by atoms with Crippen molar-refractivity contribution >= 4 is 0 Å². The molecule has 2 bridgehead atoms. The summed E-state index contributed by atoms with van der Waals surface area (Å²) in [4.78, 5) is 2.23. The highest BCUT2D eigenvalue weighted by atomic mass is 19.4. The molecule has 156 valence electrons. The van der Waals surface area contributed by atoms with E-state index in [4.69, 9.17) is 0 Å². The molecule has 0 spiro atoms. The minimum absolute atomic E-state index is 0.142. The number of piperazine rings is 3. The lowest BCUT2D eigenvalue weighted by Crippen LogP contribution is -2.67. The van der Waals surface area contributed by atoms with Crippen LogP contribution >= 0.6 is 0 Å². The van der Waals surface area contributed by atoms with Crippen molar-refractivity contribution < 1.29 is 30.8 Å². The molecule has 8 heteroatoms. The van der Waals surface area contributed by atoms with Crippen LogP contribution in [-0.4, -0.2) is 42.6 Å². The van der Waals surface area contributed by atoms with Crippen molar-refractivity contribution in [2.24, 2.45) is 0 Å². The first-order valence-electron chi connectivity index (χ1n) is 9.42. The smallest absolute Gasteiger partial charge is 0.316 e. The van der Waals surface area contributed by atoms with Gasteiger partial charge in [0.2, 0.25) is 0 Å². The van der Waals surface area contributed by atoms with E-state index in [2.05, 4.69) is 11.9 Å². The van der Waals surface area contributed by atoms with Gasteiger partial charge in [0, 0.05) is 18.7 Å². The summed E-state index contributed by atoms with van der Waals surface area (Å²) in [5, 5.41) is 0. The van der Waals surface area contributed by atoms with Gasteiger partial charge in [-0.15, -0.1) is 0 Å². The number of nitrogens with zero attached hydrogens (tertiary/aromatic N) is 2. The molecule has 3 aliphatic rings. The summed E-state index contributed by atoms with van der Waals surface area (Å²) in [6.45, 7) is 3.31. The average Bonchev–Trinajstić information content (AvgIpc) is 2.66. The number of rotatable bonds is 2. The van der Waals surface area contributed by atoms with E-state index in [-0.39, 0.29) is 12.1 Å². The Labute approximate surface area is 164 Å². The SMILES string of the molecule is C[N+]12CCN(CC1)[C@@H](c1ccc(C(F)(F)F)cc1)[C@@H]2c1ccc(C(F)(F)F)cc1. The van der Waals surface area contributed by atoms with Gasteiger partial charge in [-0.3, -0.25) is 4.90 Å². The van der Waals surface area contributed by atoms with Crippen molar-refractivity contribution in [3.63, 3.8) is 0 Å². The molecule has 3 heterocycles. The van der Waals surface area contributed by atoms with Crippen LogP contribution in [0.5, 0.6) is 0 Å². The molecule has 0 radical (unpaired) electrons. The summed E-state index contributed by atoms with van der Waals surface area (Å²) in [5.74, 6) is 0. The Bertz CT molecular complexity index is 862. The average molecular weight is 415 g/mol. The zero-order chi connectivity index (χ0) is 21.0. The summed E-state index contributed by atoms with van der Waals surface area (Å²) < 4.78 is 78.4. The number of fused-ring (bicyclic) bond motifs is 3. The van der Waals surface area contributed by atoms with Crippen molar-refractivity contribution in [3.05, 3.63) is 70.8 Å². The standard InChI is InChI=1S/C21H21F6N2/c1-29-12-10-28(11-13-29)18(14-2-6-16(7-3-14)20(22,23)24)19(29)15-4-8-17(9-5-15)21(25,26)27/h2-9,18-19H,10-13H2,1H3/q+1/t18-,19-/m0/s1. The van der Waals surface area contributed by atoms with Gasteiger partial charge < -0.3 is 4.48 Å². The van der Waals surface area contributed by atoms with Crippen LogP contribution in [0.2, 0.25) is 0 Å². The maximum absolute atomic E-state index is 13.0. The van der Waals surface area contributed by atoms with Crippen molar-refractivity contribution in [1.82, 2.24) is 4.90 Å². The number of benzene rings is 2. The lowest BCUT2D eigenvalue weighted by atomic mass is 9.84. The number of hydrogen-bond donors (Lipinski definition) is 0. The molecular formula is C21H21F6N2+. The van der Waals surface area contributed by atoms with Crippen LogP contribution in [0.15, 0.2) is 48.5 Å². The fourth-order valence-electron chi connectivity index (χ4n) is 4.71. The van der Waals surface area contributed by atoms with Crippen LogP contribution in [0, 0.1) is 0 Å². The number of halogens is 6. The second-order valence-electron chi connectivity index (χ2n) is 8.09. The normalized spacial score (nSPS) is 29.8. The Morgan fingerprint density at radius 1 is 0.724 bits per heavy atom. The van der Waals surface area contributed by atoms with Crippen molar-refractivity contribution in [3.8, 4) is 0 Å². The first-order chi connectivity index (χ1) is 13.5. The second kappa shape index (κ2) is 6.74. The molecule has 2 atom stereocenters. The molecule has 3 fully saturated rings.